The molecule has 1 fully saturated rings. The normalized spacial score (nSPS) is 14.3. The molecule has 0 aliphatic carbocycles. The minimum absolute atomic E-state index is 0.103. The van der Waals surface area contributed by atoms with Crippen molar-refractivity contribution < 1.29 is 9.59 Å². The van der Waals surface area contributed by atoms with Gasteiger partial charge < -0.3 is 10.2 Å². The number of hydrogen-bond acceptors (Lipinski definition) is 3. The van der Waals surface area contributed by atoms with E-state index in [9.17, 15) is 9.59 Å². The van der Waals surface area contributed by atoms with Crippen molar-refractivity contribution >= 4 is 17.5 Å². The van der Waals surface area contributed by atoms with Crippen LogP contribution in [0.3, 0.4) is 0 Å². The van der Waals surface area contributed by atoms with Crippen LogP contribution in [0, 0.1) is 0 Å². The van der Waals surface area contributed by atoms with Crippen molar-refractivity contribution in [2.75, 3.05) is 24.5 Å². The Kier molecular flexibility index (Phi) is 7.42. The predicted molar refractivity (Wildman–Crippen MR) is 117 cm³/mol. The van der Waals surface area contributed by atoms with Gasteiger partial charge in [0.2, 0.25) is 5.91 Å². The average molecular weight is 394 g/mol. The third-order valence-corrected chi connectivity index (χ3v) is 5.54. The highest BCUT2D eigenvalue weighted by molar-refractivity contribution is 5.96. The molecule has 1 heterocycles. The number of amides is 2. The van der Waals surface area contributed by atoms with Crippen molar-refractivity contribution in [3.63, 3.8) is 0 Å². The molecule has 0 saturated carbocycles. The van der Waals surface area contributed by atoms with E-state index < -0.39 is 0 Å². The van der Waals surface area contributed by atoms with E-state index in [1.165, 1.54) is 5.56 Å². The third kappa shape index (κ3) is 5.67. The highest BCUT2D eigenvalue weighted by Gasteiger charge is 2.19. The van der Waals surface area contributed by atoms with Crippen LogP contribution in [-0.2, 0) is 17.9 Å². The summed E-state index contributed by atoms with van der Waals surface area (Å²) < 4.78 is 0. The lowest BCUT2D eigenvalue weighted by atomic mass is 10.1. The molecule has 29 heavy (non-hydrogen) atoms. The monoisotopic (exact) mass is 393 g/mol. The van der Waals surface area contributed by atoms with Crippen molar-refractivity contribution in [3.05, 3.63) is 65.2 Å². The Morgan fingerprint density at radius 1 is 0.966 bits per heavy atom. The van der Waals surface area contributed by atoms with E-state index in [0.717, 1.165) is 50.3 Å². The molecule has 154 valence electrons. The quantitative estimate of drug-likeness (QED) is 0.738. The first kappa shape index (κ1) is 21.1. The van der Waals surface area contributed by atoms with Crippen LogP contribution in [0.25, 0.3) is 0 Å². The maximum Gasteiger partial charge on any atom is 0.251 e. The van der Waals surface area contributed by atoms with Crippen molar-refractivity contribution in [1.29, 1.82) is 0 Å². The summed E-state index contributed by atoms with van der Waals surface area (Å²) in [5.41, 5.74) is 3.84. The smallest absolute Gasteiger partial charge is 0.251 e. The predicted octanol–water partition coefficient (Wildman–Crippen LogP) is 3.98. The topological polar surface area (TPSA) is 52.7 Å². The standard InChI is InChI=1S/C24H31N3O2/c1-3-26(4-2)18-20-10-8-19(9-11-20)17-25-24(29)21-12-14-22(15-13-21)27-16-6-5-7-23(27)28/h8-15H,3-7,16-18H2,1-2H3,(H,25,29). The number of carbonyl (C=O) groups excluding carboxylic acids is 2. The second-order valence-electron chi connectivity index (χ2n) is 7.51. The first-order chi connectivity index (χ1) is 14.1. The second kappa shape index (κ2) is 10.2. The van der Waals surface area contributed by atoms with Gasteiger partial charge in [0.25, 0.3) is 5.91 Å². The zero-order valence-corrected chi connectivity index (χ0v) is 17.5. The molecule has 0 bridgehead atoms. The summed E-state index contributed by atoms with van der Waals surface area (Å²) in [7, 11) is 0. The van der Waals surface area contributed by atoms with Crippen molar-refractivity contribution in [1.82, 2.24) is 10.2 Å². The number of anilines is 1. The van der Waals surface area contributed by atoms with Crippen LogP contribution in [0.4, 0.5) is 5.69 Å². The largest absolute Gasteiger partial charge is 0.348 e. The van der Waals surface area contributed by atoms with Gasteiger partial charge in [0.1, 0.15) is 0 Å². The maximum absolute atomic E-state index is 12.5. The minimum atomic E-state index is -0.103. The molecule has 0 aromatic heterocycles. The van der Waals surface area contributed by atoms with Crippen LogP contribution in [0.1, 0.15) is 54.6 Å². The van der Waals surface area contributed by atoms with Crippen LogP contribution in [0.5, 0.6) is 0 Å². The number of hydrogen-bond donors (Lipinski definition) is 1. The molecule has 2 amide bonds. The highest BCUT2D eigenvalue weighted by atomic mass is 16.2. The molecule has 0 spiro atoms. The Morgan fingerprint density at radius 2 is 1.62 bits per heavy atom. The Balaban J connectivity index is 1.53. The molecule has 0 unspecified atom stereocenters. The summed E-state index contributed by atoms with van der Waals surface area (Å²) in [6.07, 6.45) is 2.60. The molecule has 5 nitrogen and oxygen atoms in total. The van der Waals surface area contributed by atoms with Gasteiger partial charge in [0.15, 0.2) is 0 Å². The fourth-order valence-corrected chi connectivity index (χ4v) is 3.62. The SMILES string of the molecule is CCN(CC)Cc1ccc(CNC(=O)c2ccc(N3CCCCC3=O)cc2)cc1. The van der Waals surface area contributed by atoms with Gasteiger partial charge in [-0.1, -0.05) is 38.1 Å². The number of nitrogens with zero attached hydrogens (tertiary/aromatic N) is 2. The lowest BCUT2D eigenvalue weighted by Gasteiger charge is -2.26. The highest BCUT2D eigenvalue weighted by Crippen LogP contribution is 2.21. The van der Waals surface area contributed by atoms with Gasteiger partial charge in [0, 0.05) is 37.3 Å². The number of nitrogens with one attached hydrogen (secondary N) is 1. The summed E-state index contributed by atoms with van der Waals surface area (Å²) in [6, 6.07) is 15.7. The van der Waals surface area contributed by atoms with Crippen LogP contribution < -0.4 is 10.2 Å². The fourth-order valence-electron chi connectivity index (χ4n) is 3.62. The summed E-state index contributed by atoms with van der Waals surface area (Å²) in [5, 5.41) is 2.98. The van der Waals surface area contributed by atoms with E-state index in [1.54, 1.807) is 12.1 Å². The lowest BCUT2D eigenvalue weighted by molar-refractivity contribution is -0.119. The Bertz CT molecular complexity index is 811. The van der Waals surface area contributed by atoms with Gasteiger partial charge in [-0.05, 0) is 61.3 Å². The van der Waals surface area contributed by atoms with Gasteiger partial charge in [-0.15, -0.1) is 0 Å². The fraction of sp³-hybridized carbons (Fsp3) is 0.417. The molecule has 1 saturated heterocycles. The zero-order chi connectivity index (χ0) is 20.6. The molecular weight excluding hydrogens is 362 g/mol. The third-order valence-electron chi connectivity index (χ3n) is 5.54. The zero-order valence-electron chi connectivity index (χ0n) is 17.5. The number of rotatable bonds is 8. The van der Waals surface area contributed by atoms with Crippen LogP contribution in [0.2, 0.25) is 0 Å². The summed E-state index contributed by atoms with van der Waals surface area (Å²) >= 11 is 0. The Labute approximate surface area is 173 Å². The first-order valence-electron chi connectivity index (χ1n) is 10.6. The van der Waals surface area contributed by atoms with Gasteiger partial charge >= 0.3 is 0 Å². The van der Waals surface area contributed by atoms with Gasteiger partial charge in [-0.25, -0.2) is 0 Å². The average Bonchev–Trinajstić information content (AvgIpc) is 2.77. The molecular formula is C24H31N3O2. The first-order valence-corrected chi connectivity index (χ1v) is 10.6. The molecule has 2 aromatic carbocycles. The summed E-state index contributed by atoms with van der Waals surface area (Å²) in [4.78, 5) is 28.7. The van der Waals surface area contributed by atoms with Crippen molar-refractivity contribution in [3.8, 4) is 0 Å². The molecule has 0 atom stereocenters. The van der Waals surface area contributed by atoms with E-state index in [-0.39, 0.29) is 11.8 Å². The van der Waals surface area contributed by atoms with Gasteiger partial charge in [-0.2, -0.15) is 0 Å². The summed E-state index contributed by atoms with van der Waals surface area (Å²) in [6.45, 7) is 8.63. The minimum Gasteiger partial charge on any atom is -0.348 e. The lowest BCUT2D eigenvalue weighted by Crippen LogP contribution is -2.35. The van der Waals surface area contributed by atoms with E-state index in [4.69, 9.17) is 0 Å². The molecule has 1 N–H and O–H groups in total. The molecule has 1 aliphatic heterocycles. The number of piperidine rings is 1. The number of carbonyl (C=O) groups is 2. The van der Waals surface area contributed by atoms with E-state index in [2.05, 4.69) is 48.3 Å². The number of benzene rings is 2. The van der Waals surface area contributed by atoms with Crippen molar-refractivity contribution in [2.45, 2.75) is 46.2 Å². The molecule has 1 aliphatic rings. The van der Waals surface area contributed by atoms with E-state index in [0.29, 0.717) is 18.5 Å². The van der Waals surface area contributed by atoms with Gasteiger partial charge in [0.05, 0.1) is 0 Å². The van der Waals surface area contributed by atoms with Crippen LogP contribution in [-0.4, -0.2) is 36.3 Å². The Hall–Kier alpha value is -2.66. The van der Waals surface area contributed by atoms with Crippen LogP contribution in [0.15, 0.2) is 48.5 Å². The molecule has 3 rings (SSSR count). The van der Waals surface area contributed by atoms with E-state index in [1.807, 2.05) is 17.0 Å². The van der Waals surface area contributed by atoms with Crippen LogP contribution >= 0.6 is 0 Å². The summed E-state index contributed by atoms with van der Waals surface area (Å²) in [5.74, 6) is 0.0617. The van der Waals surface area contributed by atoms with Crippen molar-refractivity contribution in [2.24, 2.45) is 0 Å². The molecule has 5 heteroatoms. The Morgan fingerprint density at radius 3 is 2.24 bits per heavy atom. The molecule has 0 radical (unpaired) electrons. The molecule has 2 aromatic rings. The van der Waals surface area contributed by atoms with E-state index >= 15 is 0 Å². The van der Waals surface area contributed by atoms with Gasteiger partial charge in [-0.3, -0.25) is 14.5 Å². The maximum atomic E-state index is 12.5. The second-order valence-corrected chi connectivity index (χ2v) is 7.51.